The molecule has 0 unspecified atom stereocenters. The number of primary sulfonamides is 1. The van der Waals surface area contributed by atoms with E-state index in [4.69, 9.17) is 22.5 Å². The molecule has 1 rings (SSSR count). The summed E-state index contributed by atoms with van der Waals surface area (Å²) in [4.78, 5) is 0.0901. The number of benzene rings is 1. The van der Waals surface area contributed by atoms with Crippen LogP contribution in [0.3, 0.4) is 0 Å². The molecule has 4 nitrogen and oxygen atoms in total. The van der Waals surface area contributed by atoms with Gasteiger partial charge in [0.05, 0.1) is 4.90 Å². The summed E-state index contributed by atoms with van der Waals surface area (Å²) >= 11 is 5.73. The van der Waals surface area contributed by atoms with Crippen molar-refractivity contribution in [2.24, 2.45) is 10.9 Å². The van der Waals surface area contributed by atoms with Crippen LogP contribution >= 0.6 is 11.6 Å². The molecule has 0 saturated carbocycles. The maximum absolute atomic E-state index is 11.1. The first kappa shape index (κ1) is 11.5. The van der Waals surface area contributed by atoms with E-state index in [1.807, 2.05) is 0 Å². The normalized spacial score (nSPS) is 11.6. The molecule has 0 fully saturated rings. The molecule has 0 heterocycles. The van der Waals surface area contributed by atoms with Crippen molar-refractivity contribution in [3.63, 3.8) is 0 Å². The second-order valence-corrected chi connectivity index (χ2v) is 4.80. The van der Waals surface area contributed by atoms with Crippen molar-refractivity contribution in [2.45, 2.75) is 11.3 Å². The first-order valence-electron chi connectivity index (χ1n) is 3.96. The van der Waals surface area contributed by atoms with Gasteiger partial charge in [0.2, 0.25) is 10.0 Å². The van der Waals surface area contributed by atoms with Gasteiger partial charge in [-0.05, 0) is 36.7 Å². The zero-order valence-corrected chi connectivity index (χ0v) is 8.98. The first-order valence-corrected chi connectivity index (χ1v) is 5.89. The van der Waals surface area contributed by atoms with Crippen molar-refractivity contribution < 1.29 is 8.42 Å². The standard InChI is InChI=1S/C8H11ClN2O2S/c9-7-1-2-8(14(11,12)13)6(5-7)3-4-10/h1-2,5H,3-4,10H2,(H2,11,12,13). The highest BCUT2D eigenvalue weighted by Crippen LogP contribution is 2.19. The van der Waals surface area contributed by atoms with Gasteiger partial charge in [-0.2, -0.15) is 0 Å². The number of rotatable bonds is 3. The van der Waals surface area contributed by atoms with Crippen molar-refractivity contribution in [2.75, 3.05) is 6.54 Å². The Bertz CT molecular complexity index is 431. The van der Waals surface area contributed by atoms with Gasteiger partial charge in [0.25, 0.3) is 0 Å². The van der Waals surface area contributed by atoms with Crippen LogP contribution in [0.15, 0.2) is 23.1 Å². The van der Waals surface area contributed by atoms with Gasteiger partial charge in [-0.25, -0.2) is 13.6 Å². The van der Waals surface area contributed by atoms with E-state index < -0.39 is 10.0 Å². The molecule has 0 aromatic heterocycles. The maximum Gasteiger partial charge on any atom is 0.238 e. The largest absolute Gasteiger partial charge is 0.330 e. The van der Waals surface area contributed by atoms with Gasteiger partial charge in [0.15, 0.2) is 0 Å². The summed E-state index contributed by atoms with van der Waals surface area (Å²) in [6, 6.07) is 4.44. The fraction of sp³-hybridized carbons (Fsp3) is 0.250. The third kappa shape index (κ3) is 2.68. The Morgan fingerprint density at radius 1 is 1.36 bits per heavy atom. The monoisotopic (exact) mass is 234 g/mol. The minimum Gasteiger partial charge on any atom is -0.330 e. The van der Waals surface area contributed by atoms with Crippen molar-refractivity contribution in [3.05, 3.63) is 28.8 Å². The molecule has 0 aliphatic heterocycles. The fourth-order valence-electron chi connectivity index (χ4n) is 1.18. The van der Waals surface area contributed by atoms with Crippen LogP contribution in [-0.2, 0) is 16.4 Å². The van der Waals surface area contributed by atoms with Crippen LogP contribution in [-0.4, -0.2) is 15.0 Å². The lowest BCUT2D eigenvalue weighted by Crippen LogP contribution is -2.16. The van der Waals surface area contributed by atoms with Crippen LogP contribution in [0, 0.1) is 0 Å². The quantitative estimate of drug-likeness (QED) is 0.798. The van der Waals surface area contributed by atoms with Crippen molar-refractivity contribution in [3.8, 4) is 0 Å². The summed E-state index contributed by atoms with van der Waals surface area (Å²) in [5, 5.41) is 5.50. The molecule has 0 bridgehead atoms. The third-order valence-corrected chi connectivity index (χ3v) is 2.99. The molecule has 0 saturated heterocycles. The van der Waals surface area contributed by atoms with E-state index in [2.05, 4.69) is 0 Å². The van der Waals surface area contributed by atoms with Crippen molar-refractivity contribution in [1.82, 2.24) is 0 Å². The van der Waals surface area contributed by atoms with Crippen LogP contribution < -0.4 is 10.9 Å². The van der Waals surface area contributed by atoms with Crippen molar-refractivity contribution >= 4 is 21.6 Å². The lowest BCUT2D eigenvalue weighted by Gasteiger charge is -2.06. The zero-order valence-electron chi connectivity index (χ0n) is 7.40. The lowest BCUT2D eigenvalue weighted by molar-refractivity contribution is 0.596. The van der Waals surface area contributed by atoms with E-state index in [1.165, 1.54) is 12.1 Å². The van der Waals surface area contributed by atoms with E-state index in [1.54, 1.807) is 6.07 Å². The number of hydrogen-bond donors (Lipinski definition) is 2. The van der Waals surface area contributed by atoms with Gasteiger partial charge in [0, 0.05) is 5.02 Å². The molecule has 0 radical (unpaired) electrons. The van der Waals surface area contributed by atoms with Crippen LogP contribution in [0.1, 0.15) is 5.56 Å². The van der Waals surface area contributed by atoms with Gasteiger partial charge >= 0.3 is 0 Å². The minimum absolute atomic E-state index is 0.0901. The molecule has 0 atom stereocenters. The molecular formula is C8H11ClN2O2S. The SMILES string of the molecule is NCCc1cc(Cl)ccc1S(N)(=O)=O. The van der Waals surface area contributed by atoms with Gasteiger partial charge < -0.3 is 5.73 Å². The van der Waals surface area contributed by atoms with Crippen LogP contribution in [0.4, 0.5) is 0 Å². The predicted molar refractivity (Wildman–Crippen MR) is 55.6 cm³/mol. The topological polar surface area (TPSA) is 86.2 Å². The molecule has 6 heteroatoms. The summed E-state index contributed by atoms with van der Waals surface area (Å²) < 4.78 is 22.3. The lowest BCUT2D eigenvalue weighted by atomic mass is 10.1. The Morgan fingerprint density at radius 3 is 2.50 bits per heavy atom. The molecular weight excluding hydrogens is 224 g/mol. The highest BCUT2D eigenvalue weighted by molar-refractivity contribution is 7.89. The maximum atomic E-state index is 11.1. The first-order chi connectivity index (χ1) is 6.45. The van der Waals surface area contributed by atoms with E-state index in [-0.39, 0.29) is 4.90 Å². The molecule has 78 valence electrons. The van der Waals surface area contributed by atoms with Crippen LogP contribution in [0.5, 0.6) is 0 Å². The Morgan fingerprint density at radius 2 is 2.00 bits per heavy atom. The van der Waals surface area contributed by atoms with Crippen LogP contribution in [0.2, 0.25) is 5.02 Å². The zero-order chi connectivity index (χ0) is 10.8. The highest BCUT2D eigenvalue weighted by atomic mass is 35.5. The molecule has 4 N–H and O–H groups in total. The average Bonchev–Trinajstić information content (AvgIpc) is 2.02. The van der Waals surface area contributed by atoms with Gasteiger partial charge in [-0.15, -0.1) is 0 Å². The Balaban J connectivity index is 3.29. The summed E-state index contributed by atoms with van der Waals surface area (Å²) in [5.41, 5.74) is 5.90. The Hall–Kier alpha value is -0.620. The summed E-state index contributed by atoms with van der Waals surface area (Å²) in [6.07, 6.45) is 0.437. The third-order valence-electron chi connectivity index (χ3n) is 1.74. The number of sulfonamides is 1. The van der Waals surface area contributed by atoms with E-state index in [0.717, 1.165) is 0 Å². The summed E-state index contributed by atoms with van der Waals surface area (Å²) in [6.45, 7) is 0.350. The van der Waals surface area contributed by atoms with Crippen molar-refractivity contribution in [1.29, 1.82) is 0 Å². The highest BCUT2D eigenvalue weighted by Gasteiger charge is 2.13. The van der Waals surface area contributed by atoms with Gasteiger partial charge in [-0.1, -0.05) is 11.6 Å². The van der Waals surface area contributed by atoms with E-state index >= 15 is 0 Å². The molecule has 0 amide bonds. The fourth-order valence-corrected chi connectivity index (χ4v) is 2.16. The average molecular weight is 235 g/mol. The second kappa shape index (κ2) is 4.27. The smallest absolute Gasteiger partial charge is 0.238 e. The Kier molecular flexibility index (Phi) is 3.49. The number of nitrogens with two attached hydrogens (primary N) is 2. The summed E-state index contributed by atoms with van der Waals surface area (Å²) in [7, 11) is -3.69. The minimum atomic E-state index is -3.69. The van der Waals surface area contributed by atoms with Crippen LogP contribution in [0.25, 0.3) is 0 Å². The van der Waals surface area contributed by atoms with E-state index in [9.17, 15) is 8.42 Å². The van der Waals surface area contributed by atoms with E-state index in [0.29, 0.717) is 23.6 Å². The molecule has 1 aromatic rings. The predicted octanol–water partition coefficient (Wildman–Crippen LogP) is 0.489. The molecule has 14 heavy (non-hydrogen) atoms. The number of hydrogen-bond acceptors (Lipinski definition) is 3. The number of halogens is 1. The van der Waals surface area contributed by atoms with Gasteiger partial charge in [-0.3, -0.25) is 0 Å². The molecule has 1 aromatic carbocycles. The summed E-state index contributed by atoms with van der Waals surface area (Å²) in [5.74, 6) is 0. The second-order valence-electron chi connectivity index (χ2n) is 2.84. The molecule has 0 aliphatic carbocycles. The Labute approximate surface area is 87.9 Å². The van der Waals surface area contributed by atoms with Gasteiger partial charge in [0.1, 0.15) is 0 Å². The molecule has 0 aliphatic rings. The molecule has 0 spiro atoms.